The Morgan fingerprint density at radius 3 is 2.50 bits per heavy atom. The first-order valence-electron chi connectivity index (χ1n) is 9.23. The van der Waals surface area contributed by atoms with E-state index in [1.165, 1.54) is 11.1 Å². The lowest BCUT2D eigenvalue weighted by atomic mass is 9.98. The number of pyridine rings is 1. The fraction of sp³-hybridized carbons (Fsp3) is 0.0870. The highest BCUT2D eigenvalue weighted by molar-refractivity contribution is 7.98. The van der Waals surface area contributed by atoms with Gasteiger partial charge in [-0.3, -0.25) is 14.5 Å². The second-order valence-corrected chi connectivity index (χ2v) is 8.17. The van der Waals surface area contributed by atoms with Gasteiger partial charge in [0.25, 0.3) is 5.91 Å². The molecule has 1 amide bonds. The van der Waals surface area contributed by atoms with E-state index in [1.807, 2.05) is 30.5 Å². The molecule has 1 atom stereocenters. The van der Waals surface area contributed by atoms with Crippen LogP contribution >= 0.6 is 23.4 Å². The predicted molar refractivity (Wildman–Crippen MR) is 119 cm³/mol. The van der Waals surface area contributed by atoms with Crippen molar-refractivity contribution in [1.82, 2.24) is 4.98 Å². The lowest BCUT2D eigenvalue weighted by molar-refractivity contribution is 0.0970. The predicted octanol–water partition coefficient (Wildman–Crippen LogP) is 5.31. The number of thioether (sulfide) groups is 1. The Balaban J connectivity index is 1.78. The first kappa shape index (κ1) is 18.9. The molecule has 148 valence electrons. The number of anilines is 1. The van der Waals surface area contributed by atoms with Gasteiger partial charge in [-0.05, 0) is 48.2 Å². The number of nitrogens with zero attached hydrogens (tertiary/aromatic N) is 2. The molecule has 0 fully saturated rings. The number of carbonyl (C=O) groups excluding carboxylic acids is 1. The van der Waals surface area contributed by atoms with Crippen molar-refractivity contribution in [1.29, 1.82) is 0 Å². The van der Waals surface area contributed by atoms with Crippen LogP contribution in [0.2, 0.25) is 5.02 Å². The quantitative estimate of drug-likeness (QED) is 0.409. The van der Waals surface area contributed by atoms with Gasteiger partial charge >= 0.3 is 0 Å². The van der Waals surface area contributed by atoms with Crippen molar-refractivity contribution < 1.29 is 9.21 Å². The van der Waals surface area contributed by atoms with E-state index in [0.717, 1.165) is 10.5 Å². The summed E-state index contributed by atoms with van der Waals surface area (Å²) in [5.74, 6) is 0.0502. The maximum atomic E-state index is 13.4. The number of aromatic nitrogens is 1. The van der Waals surface area contributed by atoms with Crippen LogP contribution < -0.4 is 10.3 Å². The maximum absolute atomic E-state index is 13.4. The standard InChI is InChI=1S/C23H15ClN2O3S/c1-30-15-9-6-13(7-10-15)20-19-21(27)16-4-2-3-5-17(16)29-22(19)23(28)26(20)18-11-8-14(24)12-25-18/h2-12,20H,1H3. The molecule has 1 aliphatic rings. The molecule has 2 aromatic carbocycles. The summed E-state index contributed by atoms with van der Waals surface area (Å²) in [7, 11) is 0. The van der Waals surface area contributed by atoms with Crippen molar-refractivity contribution in [2.24, 2.45) is 0 Å². The van der Waals surface area contributed by atoms with Crippen molar-refractivity contribution in [3.05, 3.63) is 99.0 Å². The van der Waals surface area contributed by atoms with Gasteiger partial charge < -0.3 is 4.42 Å². The summed E-state index contributed by atoms with van der Waals surface area (Å²) in [5.41, 5.74) is 1.30. The number of para-hydroxylation sites is 1. The monoisotopic (exact) mass is 434 g/mol. The average Bonchev–Trinajstić information content (AvgIpc) is 3.07. The molecule has 0 saturated heterocycles. The van der Waals surface area contributed by atoms with E-state index >= 15 is 0 Å². The summed E-state index contributed by atoms with van der Waals surface area (Å²) in [6, 6.07) is 17.4. The maximum Gasteiger partial charge on any atom is 0.296 e. The number of benzene rings is 2. The molecule has 5 nitrogen and oxygen atoms in total. The van der Waals surface area contributed by atoms with Crippen LogP contribution in [0.5, 0.6) is 0 Å². The minimum Gasteiger partial charge on any atom is -0.450 e. The van der Waals surface area contributed by atoms with Crippen molar-refractivity contribution in [3.63, 3.8) is 0 Å². The summed E-state index contributed by atoms with van der Waals surface area (Å²) in [6.07, 6.45) is 3.47. The summed E-state index contributed by atoms with van der Waals surface area (Å²) in [5, 5.41) is 0.907. The third-order valence-corrected chi connectivity index (χ3v) is 6.13. The normalized spacial score (nSPS) is 15.6. The second kappa shape index (κ2) is 7.31. The third kappa shape index (κ3) is 2.91. The molecule has 4 aromatic rings. The lowest BCUT2D eigenvalue weighted by Gasteiger charge is -2.24. The molecule has 1 unspecified atom stereocenters. The summed E-state index contributed by atoms with van der Waals surface area (Å²) in [4.78, 5) is 33.7. The molecule has 1 aliphatic heterocycles. The van der Waals surface area contributed by atoms with Gasteiger partial charge in [0.1, 0.15) is 11.4 Å². The highest BCUT2D eigenvalue weighted by Crippen LogP contribution is 2.40. The van der Waals surface area contributed by atoms with Gasteiger partial charge in [0, 0.05) is 11.1 Å². The van der Waals surface area contributed by atoms with Crippen molar-refractivity contribution in [3.8, 4) is 0 Å². The molecule has 0 aliphatic carbocycles. The summed E-state index contributed by atoms with van der Waals surface area (Å²) >= 11 is 7.61. The number of rotatable bonds is 3. The minimum absolute atomic E-state index is 0.0504. The molecule has 0 radical (unpaired) electrons. The fourth-order valence-corrected chi connectivity index (χ4v) is 4.29. The number of hydrogen-bond donors (Lipinski definition) is 0. The Labute approximate surface area is 181 Å². The van der Waals surface area contributed by atoms with Crippen LogP contribution in [0.4, 0.5) is 5.82 Å². The molecule has 7 heteroatoms. The number of amides is 1. The third-order valence-electron chi connectivity index (χ3n) is 5.17. The van der Waals surface area contributed by atoms with Crippen molar-refractivity contribution >= 4 is 46.1 Å². The van der Waals surface area contributed by atoms with Gasteiger partial charge in [0.15, 0.2) is 5.43 Å². The zero-order valence-electron chi connectivity index (χ0n) is 15.8. The first-order valence-corrected chi connectivity index (χ1v) is 10.8. The highest BCUT2D eigenvalue weighted by atomic mass is 35.5. The topological polar surface area (TPSA) is 63.4 Å². The van der Waals surface area contributed by atoms with Crippen molar-refractivity contribution in [2.75, 3.05) is 11.2 Å². The van der Waals surface area contributed by atoms with Crippen molar-refractivity contribution in [2.45, 2.75) is 10.9 Å². The van der Waals surface area contributed by atoms with Crippen LogP contribution in [-0.4, -0.2) is 17.1 Å². The Hall–Kier alpha value is -3.09. The van der Waals surface area contributed by atoms with Crippen LogP contribution in [0.3, 0.4) is 0 Å². The van der Waals surface area contributed by atoms with Crippen LogP contribution in [0.15, 0.2) is 81.0 Å². The summed E-state index contributed by atoms with van der Waals surface area (Å²) < 4.78 is 5.92. The molecule has 5 rings (SSSR count). The van der Waals surface area contributed by atoms with E-state index in [4.69, 9.17) is 16.0 Å². The smallest absolute Gasteiger partial charge is 0.296 e. The van der Waals surface area contributed by atoms with E-state index in [9.17, 15) is 9.59 Å². The van der Waals surface area contributed by atoms with Gasteiger partial charge in [0.2, 0.25) is 5.76 Å². The Morgan fingerprint density at radius 1 is 1.03 bits per heavy atom. The van der Waals surface area contributed by atoms with E-state index in [0.29, 0.717) is 27.4 Å². The zero-order valence-corrected chi connectivity index (χ0v) is 17.4. The lowest BCUT2D eigenvalue weighted by Crippen LogP contribution is -2.30. The largest absolute Gasteiger partial charge is 0.450 e. The van der Waals surface area contributed by atoms with E-state index < -0.39 is 11.9 Å². The number of carbonyl (C=O) groups is 1. The Bertz CT molecular complexity index is 1330. The molecule has 30 heavy (non-hydrogen) atoms. The highest BCUT2D eigenvalue weighted by Gasteiger charge is 2.44. The van der Waals surface area contributed by atoms with E-state index in [1.54, 1.807) is 48.2 Å². The molecule has 0 saturated carbocycles. The molecule has 0 bridgehead atoms. The Kier molecular flexibility index (Phi) is 4.60. The van der Waals surface area contributed by atoms with Crippen LogP contribution in [0, 0.1) is 0 Å². The van der Waals surface area contributed by atoms with Crippen LogP contribution in [-0.2, 0) is 0 Å². The van der Waals surface area contributed by atoms with Crippen LogP contribution in [0.25, 0.3) is 11.0 Å². The number of halogens is 1. The van der Waals surface area contributed by atoms with E-state index in [2.05, 4.69) is 4.98 Å². The molecular weight excluding hydrogens is 420 g/mol. The molecule has 2 aromatic heterocycles. The van der Waals surface area contributed by atoms with E-state index in [-0.39, 0.29) is 11.2 Å². The molecular formula is C23H15ClN2O3S. The number of fused-ring (bicyclic) bond motifs is 2. The fourth-order valence-electron chi connectivity index (χ4n) is 3.77. The SMILES string of the molecule is CSc1ccc(C2c3c(oc4ccccc4c3=O)C(=O)N2c2ccc(Cl)cn2)cc1. The molecule has 0 N–H and O–H groups in total. The molecule has 3 heterocycles. The summed E-state index contributed by atoms with van der Waals surface area (Å²) in [6.45, 7) is 0. The Morgan fingerprint density at radius 2 is 1.80 bits per heavy atom. The van der Waals surface area contributed by atoms with Gasteiger partial charge in [-0.25, -0.2) is 4.98 Å². The molecule has 0 spiro atoms. The second-order valence-electron chi connectivity index (χ2n) is 6.86. The number of hydrogen-bond acceptors (Lipinski definition) is 5. The van der Waals surface area contributed by atoms with Crippen LogP contribution in [0.1, 0.15) is 27.7 Å². The van der Waals surface area contributed by atoms with Gasteiger partial charge in [-0.2, -0.15) is 0 Å². The van der Waals surface area contributed by atoms with Gasteiger partial charge in [0.05, 0.1) is 22.0 Å². The zero-order chi connectivity index (χ0) is 20.8. The average molecular weight is 435 g/mol. The minimum atomic E-state index is -0.641. The van der Waals surface area contributed by atoms with Gasteiger partial charge in [-0.1, -0.05) is 35.9 Å². The first-order chi connectivity index (χ1) is 14.6. The van der Waals surface area contributed by atoms with Gasteiger partial charge in [-0.15, -0.1) is 11.8 Å².